The fourth-order valence-electron chi connectivity index (χ4n) is 4.81. The van der Waals surface area contributed by atoms with Crippen LogP contribution in [0.25, 0.3) is 5.69 Å². The molecule has 0 aliphatic carbocycles. The Morgan fingerprint density at radius 1 is 1.09 bits per heavy atom. The first-order valence-electron chi connectivity index (χ1n) is 12.0. The molecule has 11 heteroatoms. The number of urea groups is 1. The normalized spacial score (nSPS) is 21.5. The molecular weight excluding hydrogens is 450 g/mol. The minimum Gasteiger partial charge on any atom is -0.465 e. The van der Waals surface area contributed by atoms with Crippen LogP contribution < -0.4 is 21.6 Å². The zero-order valence-corrected chi connectivity index (χ0v) is 20.1. The van der Waals surface area contributed by atoms with Crippen LogP contribution in [-0.4, -0.2) is 80.9 Å². The van der Waals surface area contributed by atoms with Gasteiger partial charge in [-0.05, 0) is 50.5 Å². The minimum absolute atomic E-state index is 0.0157. The summed E-state index contributed by atoms with van der Waals surface area (Å²) in [6.45, 7) is 7.84. The first-order valence-corrected chi connectivity index (χ1v) is 12.0. The van der Waals surface area contributed by atoms with Crippen LogP contribution in [-0.2, 0) is 6.54 Å². The highest BCUT2D eigenvalue weighted by atomic mass is 16.4. The van der Waals surface area contributed by atoms with Crippen LogP contribution in [0.1, 0.15) is 32.3 Å². The quantitative estimate of drug-likeness (QED) is 0.509. The van der Waals surface area contributed by atoms with Crippen molar-refractivity contribution in [3.8, 4) is 5.69 Å². The molecule has 0 unspecified atom stereocenters. The molecule has 4 rings (SSSR count). The highest BCUT2D eigenvalue weighted by molar-refractivity contribution is 5.88. The Morgan fingerprint density at radius 3 is 2.34 bits per heavy atom. The van der Waals surface area contributed by atoms with E-state index < -0.39 is 11.8 Å². The first-order chi connectivity index (χ1) is 16.8. The molecule has 2 aliphatic rings. The van der Waals surface area contributed by atoms with E-state index in [1.54, 1.807) is 17.2 Å². The molecule has 2 aliphatic heterocycles. The number of aromatic nitrogens is 2. The van der Waals surface area contributed by atoms with Crippen LogP contribution >= 0.6 is 0 Å². The fourth-order valence-corrected chi connectivity index (χ4v) is 4.81. The van der Waals surface area contributed by atoms with Crippen LogP contribution in [0, 0.1) is 0 Å². The predicted molar refractivity (Wildman–Crippen MR) is 132 cm³/mol. The van der Waals surface area contributed by atoms with Crippen LogP contribution in [0.5, 0.6) is 0 Å². The molecule has 1 aromatic heterocycles. The molecule has 35 heavy (non-hydrogen) atoms. The van der Waals surface area contributed by atoms with Gasteiger partial charge in [0.1, 0.15) is 5.82 Å². The standard InChI is InChI=1S/C24H33N7O4/c1-16-13-25-14-17(2)31(16)23(33)28-21-9-12-30(22(32)27-21)20-5-3-18(4-6-20)15-29-10-7-19(8-11-29)26-24(34)35/h3-6,9,12,16-17,19,25-26H,7-8,10-11,13-15H2,1-2H3,(H,34,35)(H,27,28,32,33)/t16-,17+. The van der Waals surface area contributed by atoms with Gasteiger partial charge in [0, 0.05) is 57.0 Å². The Balaban J connectivity index is 1.35. The Labute approximate surface area is 204 Å². The lowest BCUT2D eigenvalue weighted by atomic mass is 10.0. The molecule has 0 radical (unpaired) electrons. The molecule has 4 N–H and O–H groups in total. The van der Waals surface area contributed by atoms with Crippen LogP contribution in [0.3, 0.4) is 0 Å². The summed E-state index contributed by atoms with van der Waals surface area (Å²) in [5.74, 6) is 0.228. The monoisotopic (exact) mass is 483 g/mol. The molecule has 2 atom stereocenters. The van der Waals surface area contributed by atoms with E-state index in [4.69, 9.17) is 5.11 Å². The van der Waals surface area contributed by atoms with Crippen molar-refractivity contribution in [1.29, 1.82) is 0 Å². The molecule has 2 saturated heterocycles. The smallest absolute Gasteiger partial charge is 0.404 e. The zero-order chi connectivity index (χ0) is 24.9. The van der Waals surface area contributed by atoms with Gasteiger partial charge in [-0.15, -0.1) is 0 Å². The van der Waals surface area contributed by atoms with Crippen molar-refractivity contribution in [2.75, 3.05) is 31.5 Å². The molecule has 11 nitrogen and oxygen atoms in total. The Morgan fingerprint density at radius 2 is 1.74 bits per heavy atom. The summed E-state index contributed by atoms with van der Waals surface area (Å²) in [6.07, 6.45) is 2.23. The molecule has 3 heterocycles. The van der Waals surface area contributed by atoms with Crippen LogP contribution in [0.2, 0.25) is 0 Å². The molecule has 2 aromatic rings. The predicted octanol–water partition coefficient (Wildman–Crippen LogP) is 1.68. The van der Waals surface area contributed by atoms with E-state index in [0.717, 1.165) is 51.1 Å². The number of hydrogen-bond acceptors (Lipinski definition) is 6. The number of nitrogens with zero attached hydrogens (tertiary/aromatic N) is 4. The van der Waals surface area contributed by atoms with Crippen molar-refractivity contribution in [3.05, 3.63) is 52.6 Å². The molecule has 188 valence electrons. The third-order valence-electron chi connectivity index (χ3n) is 6.64. The van der Waals surface area contributed by atoms with Gasteiger partial charge in [-0.3, -0.25) is 14.8 Å². The first kappa shape index (κ1) is 24.7. The summed E-state index contributed by atoms with van der Waals surface area (Å²) in [4.78, 5) is 44.3. The van der Waals surface area contributed by atoms with Crippen molar-refractivity contribution in [1.82, 2.24) is 30.0 Å². The maximum Gasteiger partial charge on any atom is 0.404 e. The maximum absolute atomic E-state index is 12.7. The number of benzene rings is 1. The van der Waals surface area contributed by atoms with Gasteiger partial charge < -0.3 is 20.6 Å². The highest BCUT2D eigenvalue weighted by Crippen LogP contribution is 2.16. The molecule has 1 aromatic carbocycles. The van der Waals surface area contributed by atoms with E-state index in [9.17, 15) is 14.4 Å². The summed E-state index contributed by atoms with van der Waals surface area (Å²) in [5, 5.41) is 17.5. The number of carboxylic acid groups (broad SMARTS) is 1. The number of anilines is 1. The lowest BCUT2D eigenvalue weighted by Crippen LogP contribution is -2.58. The summed E-state index contributed by atoms with van der Waals surface area (Å²) < 4.78 is 1.44. The average molecular weight is 484 g/mol. The number of rotatable bonds is 5. The molecule has 2 fully saturated rings. The number of nitrogens with one attached hydrogen (secondary N) is 3. The van der Waals surface area contributed by atoms with E-state index in [2.05, 4.69) is 25.8 Å². The molecular formula is C24H33N7O4. The summed E-state index contributed by atoms with van der Waals surface area (Å²) in [5.41, 5.74) is 1.34. The van der Waals surface area contributed by atoms with Crippen molar-refractivity contribution >= 4 is 17.9 Å². The van der Waals surface area contributed by atoms with E-state index >= 15 is 0 Å². The Hall–Kier alpha value is -3.44. The van der Waals surface area contributed by atoms with Crippen LogP contribution in [0.4, 0.5) is 15.4 Å². The Bertz CT molecular complexity index is 1090. The second-order valence-electron chi connectivity index (χ2n) is 9.33. The minimum atomic E-state index is -0.970. The number of piperazine rings is 1. The van der Waals surface area contributed by atoms with Gasteiger partial charge in [-0.1, -0.05) is 12.1 Å². The topological polar surface area (TPSA) is 132 Å². The summed E-state index contributed by atoms with van der Waals surface area (Å²) in [7, 11) is 0. The van der Waals surface area contributed by atoms with Gasteiger partial charge in [-0.2, -0.15) is 4.98 Å². The van der Waals surface area contributed by atoms with E-state index in [1.165, 1.54) is 4.57 Å². The van der Waals surface area contributed by atoms with Crippen molar-refractivity contribution in [2.45, 2.75) is 51.4 Å². The van der Waals surface area contributed by atoms with Crippen LogP contribution in [0.15, 0.2) is 41.3 Å². The van der Waals surface area contributed by atoms with Gasteiger partial charge in [0.2, 0.25) is 0 Å². The number of piperidine rings is 1. The average Bonchev–Trinajstić information content (AvgIpc) is 2.81. The van der Waals surface area contributed by atoms with E-state index in [-0.39, 0.29) is 30.0 Å². The maximum atomic E-state index is 12.7. The second kappa shape index (κ2) is 10.9. The van der Waals surface area contributed by atoms with Gasteiger partial charge in [0.15, 0.2) is 0 Å². The molecule has 3 amide bonds. The van der Waals surface area contributed by atoms with Crippen molar-refractivity contribution in [3.63, 3.8) is 0 Å². The third kappa shape index (κ3) is 6.17. The lowest BCUT2D eigenvalue weighted by Gasteiger charge is -2.39. The number of carbonyl (C=O) groups is 2. The molecule has 0 saturated carbocycles. The number of carbonyl (C=O) groups excluding carboxylic acids is 1. The van der Waals surface area contributed by atoms with E-state index in [0.29, 0.717) is 5.69 Å². The highest BCUT2D eigenvalue weighted by Gasteiger charge is 2.29. The number of amides is 3. The number of likely N-dealkylation sites (tertiary alicyclic amines) is 1. The zero-order valence-electron chi connectivity index (χ0n) is 20.1. The van der Waals surface area contributed by atoms with Crippen molar-refractivity contribution in [2.24, 2.45) is 0 Å². The largest absolute Gasteiger partial charge is 0.465 e. The summed E-state index contributed by atoms with van der Waals surface area (Å²) >= 11 is 0. The Kier molecular flexibility index (Phi) is 7.67. The van der Waals surface area contributed by atoms with Gasteiger partial charge in [-0.25, -0.2) is 14.4 Å². The third-order valence-corrected chi connectivity index (χ3v) is 6.64. The SMILES string of the molecule is C[C@@H]1CNC[C@H](C)N1C(=O)Nc1ccn(-c2ccc(CN3CCC(NC(=O)O)CC3)cc2)c(=O)n1. The number of hydrogen-bond donors (Lipinski definition) is 4. The van der Waals surface area contributed by atoms with Gasteiger partial charge in [0.05, 0.1) is 5.69 Å². The second-order valence-corrected chi connectivity index (χ2v) is 9.33. The summed E-state index contributed by atoms with van der Waals surface area (Å²) in [6, 6.07) is 9.18. The van der Waals surface area contributed by atoms with E-state index in [1.807, 2.05) is 38.1 Å². The molecule has 0 bridgehead atoms. The van der Waals surface area contributed by atoms with Gasteiger partial charge >= 0.3 is 17.8 Å². The fraction of sp³-hybridized carbons (Fsp3) is 0.500. The van der Waals surface area contributed by atoms with Gasteiger partial charge in [0.25, 0.3) is 0 Å². The lowest BCUT2D eigenvalue weighted by molar-refractivity contribution is 0.143. The van der Waals surface area contributed by atoms with Crippen molar-refractivity contribution < 1.29 is 14.7 Å². The molecule has 0 spiro atoms.